The number of nitrogens with zero attached hydrogens (tertiary/aromatic N) is 7. The maximum absolute atomic E-state index is 14.5. The first-order valence-corrected chi connectivity index (χ1v) is 14.0. The van der Waals surface area contributed by atoms with E-state index in [0.717, 1.165) is 51.7 Å². The summed E-state index contributed by atoms with van der Waals surface area (Å²) < 4.78 is 22.7. The molecule has 0 spiro atoms. The van der Waals surface area contributed by atoms with E-state index in [0.29, 0.717) is 37.4 Å². The van der Waals surface area contributed by atoms with Crippen LogP contribution in [0.2, 0.25) is 0 Å². The fourth-order valence-corrected chi connectivity index (χ4v) is 6.09. The number of aromatic nitrogens is 5. The van der Waals surface area contributed by atoms with Gasteiger partial charge in [-0.15, -0.1) is 0 Å². The fourth-order valence-electron chi connectivity index (χ4n) is 6.09. The molecule has 0 amide bonds. The molecule has 40 heavy (non-hydrogen) atoms. The maximum atomic E-state index is 14.5. The van der Waals surface area contributed by atoms with Gasteiger partial charge >= 0.3 is 6.01 Å². The topological polar surface area (TPSA) is 72.2 Å². The molecule has 8 nitrogen and oxygen atoms in total. The zero-order chi connectivity index (χ0) is 27.2. The Kier molecular flexibility index (Phi) is 6.31. The zero-order valence-corrected chi connectivity index (χ0v) is 22.8. The highest BCUT2D eigenvalue weighted by atomic mass is 19.1. The van der Waals surface area contributed by atoms with Crippen LogP contribution in [0.3, 0.4) is 0 Å². The van der Waals surface area contributed by atoms with Gasteiger partial charge in [-0.3, -0.25) is 4.98 Å². The molecule has 5 aromatic rings. The molecule has 0 bridgehead atoms. The molecule has 0 unspecified atom stereocenters. The van der Waals surface area contributed by atoms with E-state index in [-0.39, 0.29) is 6.04 Å². The van der Waals surface area contributed by atoms with E-state index in [1.165, 1.54) is 12.8 Å². The van der Waals surface area contributed by atoms with Gasteiger partial charge in [-0.1, -0.05) is 36.8 Å². The molecule has 7 rings (SSSR count). The lowest BCUT2D eigenvalue weighted by molar-refractivity contribution is 0.120. The van der Waals surface area contributed by atoms with Crippen molar-refractivity contribution < 1.29 is 9.13 Å². The summed E-state index contributed by atoms with van der Waals surface area (Å²) in [6.07, 6.45) is 6.92. The summed E-state index contributed by atoms with van der Waals surface area (Å²) >= 11 is 0. The molecule has 9 heteroatoms. The number of hydrogen-bond donors (Lipinski definition) is 0. The molecule has 1 fully saturated rings. The number of likely N-dealkylation sites (N-methyl/N-ethyl adjacent to an activating group) is 1. The lowest BCUT2D eigenvalue weighted by Gasteiger charge is -2.36. The summed E-state index contributed by atoms with van der Waals surface area (Å²) in [7, 11) is 2.15. The van der Waals surface area contributed by atoms with E-state index in [2.05, 4.69) is 76.2 Å². The second-order valence-corrected chi connectivity index (χ2v) is 11.0. The second kappa shape index (κ2) is 10.1. The highest BCUT2D eigenvalue weighted by Crippen LogP contribution is 2.35. The predicted molar refractivity (Wildman–Crippen MR) is 154 cm³/mol. The molecule has 2 aliphatic heterocycles. The van der Waals surface area contributed by atoms with Gasteiger partial charge in [-0.2, -0.15) is 14.4 Å². The number of rotatable bonds is 5. The third kappa shape index (κ3) is 4.44. The Balaban J connectivity index is 1.32. The van der Waals surface area contributed by atoms with E-state index in [9.17, 15) is 4.39 Å². The molecule has 1 saturated heterocycles. The molecular weight excluding hydrogens is 505 g/mol. The number of benzene rings is 2. The van der Waals surface area contributed by atoms with Crippen molar-refractivity contribution in [3.05, 3.63) is 72.7 Å². The molecule has 2 aliphatic rings. The van der Waals surface area contributed by atoms with Crippen molar-refractivity contribution in [1.82, 2.24) is 29.4 Å². The first kappa shape index (κ1) is 24.9. The van der Waals surface area contributed by atoms with Crippen LogP contribution in [0.25, 0.3) is 32.9 Å². The van der Waals surface area contributed by atoms with Gasteiger partial charge in [0.2, 0.25) is 5.95 Å². The molecule has 2 atom stereocenters. The smallest absolute Gasteiger partial charge is 0.319 e. The average Bonchev–Trinajstić information content (AvgIpc) is 3.34. The molecule has 2 aromatic carbocycles. The van der Waals surface area contributed by atoms with Crippen molar-refractivity contribution in [3.63, 3.8) is 0 Å². The number of piperidine rings is 1. The van der Waals surface area contributed by atoms with Crippen LogP contribution in [0.4, 0.5) is 10.2 Å². The minimum absolute atomic E-state index is 0.0819. The number of anilines is 1. The number of pyridine rings is 1. The summed E-state index contributed by atoms with van der Waals surface area (Å²) in [4.78, 5) is 22.9. The summed E-state index contributed by atoms with van der Waals surface area (Å²) in [5, 5.41) is 1.99. The zero-order valence-electron chi connectivity index (χ0n) is 22.8. The summed E-state index contributed by atoms with van der Waals surface area (Å²) in [5.41, 5.74) is 4.37. The lowest BCUT2D eigenvalue weighted by Crippen LogP contribution is -2.42. The van der Waals surface area contributed by atoms with E-state index >= 15 is 0 Å². The van der Waals surface area contributed by atoms with Crippen molar-refractivity contribution in [1.29, 1.82) is 0 Å². The largest absolute Gasteiger partial charge is 0.462 e. The van der Waals surface area contributed by atoms with Crippen molar-refractivity contribution in [2.75, 3.05) is 25.1 Å². The monoisotopic (exact) mass is 537 g/mol. The quantitative estimate of drug-likeness (QED) is 0.295. The van der Waals surface area contributed by atoms with Crippen LogP contribution in [-0.2, 0) is 13.1 Å². The van der Waals surface area contributed by atoms with E-state index in [1.807, 2.05) is 16.8 Å². The Labute approximate surface area is 232 Å². The molecule has 0 N–H and O–H groups in total. The molecule has 3 aromatic heterocycles. The van der Waals surface area contributed by atoms with Crippen LogP contribution in [0.1, 0.15) is 31.9 Å². The minimum Gasteiger partial charge on any atom is -0.462 e. The second-order valence-electron chi connectivity index (χ2n) is 11.0. The third-order valence-electron chi connectivity index (χ3n) is 8.41. The SMILES string of the molecule is C[C@@H]1Cn2cnc(F)c2CN1c1nc(OC[C@@H]2CCCCN2C)nc2cc(-c3cccc4cccnc34)ccc12. The van der Waals surface area contributed by atoms with Crippen molar-refractivity contribution in [2.24, 2.45) is 0 Å². The Morgan fingerprint density at radius 3 is 2.85 bits per heavy atom. The first-order chi connectivity index (χ1) is 19.5. The van der Waals surface area contributed by atoms with Gasteiger partial charge in [0.1, 0.15) is 12.4 Å². The van der Waals surface area contributed by atoms with Gasteiger partial charge in [0.25, 0.3) is 0 Å². The van der Waals surface area contributed by atoms with Crippen LogP contribution in [0.5, 0.6) is 6.01 Å². The van der Waals surface area contributed by atoms with E-state index in [4.69, 9.17) is 14.7 Å². The lowest BCUT2D eigenvalue weighted by atomic mass is 10.0. The fraction of sp³-hybridized carbons (Fsp3) is 0.355. The minimum atomic E-state index is -0.433. The highest BCUT2D eigenvalue weighted by molar-refractivity contribution is 5.98. The Morgan fingerprint density at radius 1 is 1.05 bits per heavy atom. The van der Waals surface area contributed by atoms with Gasteiger partial charge in [0.05, 0.1) is 29.6 Å². The molecular formula is C31H32FN7O. The average molecular weight is 538 g/mol. The third-order valence-corrected chi connectivity index (χ3v) is 8.41. The number of halogens is 1. The Bertz CT molecular complexity index is 1700. The Hall–Kier alpha value is -4.11. The Morgan fingerprint density at radius 2 is 1.95 bits per heavy atom. The van der Waals surface area contributed by atoms with Crippen LogP contribution in [0.15, 0.2) is 61.1 Å². The van der Waals surface area contributed by atoms with Gasteiger partial charge < -0.3 is 19.1 Å². The molecule has 5 heterocycles. The summed E-state index contributed by atoms with van der Waals surface area (Å²) in [5.74, 6) is 0.316. The van der Waals surface area contributed by atoms with E-state index in [1.54, 1.807) is 6.33 Å². The number of hydrogen-bond acceptors (Lipinski definition) is 7. The normalized spacial score (nSPS) is 19.7. The van der Waals surface area contributed by atoms with Crippen LogP contribution >= 0.6 is 0 Å². The molecule has 0 aliphatic carbocycles. The van der Waals surface area contributed by atoms with E-state index < -0.39 is 5.95 Å². The number of fused-ring (bicyclic) bond motifs is 3. The van der Waals surface area contributed by atoms with Gasteiger partial charge in [-0.25, -0.2) is 4.98 Å². The highest BCUT2D eigenvalue weighted by Gasteiger charge is 2.29. The molecule has 0 radical (unpaired) electrons. The maximum Gasteiger partial charge on any atom is 0.319 e. The number of likely N-dealkylation sites (tertiary alicyclic amines) is 1. The summed E-state index contributed by atoms with van der Waals surface area (Å²) in [6.45, 7) is 4.73. The van der Waals surface area contributed by atoms with Crippen molar-refractivity contribution in [3.8, 4) is 17.1 Å². The standard InChI is InChI=1S/C31H32FN7O/c1-20-16-38-19-34-29(32)27(38)17-39(20)30-25-12-11-22(24-10-5-7-21-8-6-13-33-28(21)24)15-26(25)35-31(36-30)40-18-23-9-3-4-14-37(23)2/h5-8,10-13,15,19-20,23H,3-4,9,14,16-18H2,1-2H3/t20-,23+/m1/s1. The number of ether oxygens (including phenoxy) is 1. The van der Waals surface area contributed by atoms with Crippen LogP contribution in [0, 0.1) is 5.95 Å². The van der Waals surface area contributed by atoms with Gasteiger partial charge in [0, 0.05) is 41.2 Å². The molecule has 204 valence electrons. The van der Waals surface area contributed by atoms with Crippen LogP contribution in [-0.4, -0.2) is 61.7 Å². The summed E-state index contributed by atoms with van der Waals surface area (Å²) in [6, 6.07) is 17.2. The van der Waals surface area contributed by atoms with Crippen LogP contribution < -0.4 is 9.64 Å². The first-order valence-electron chi connectivity index (χ1n) is 14.0. The predicted octanol–water partition coefficient (Wildman–Crippen LogP) is 5.45. The molecule has 0 saturated carbocycles. The van der Waals surface area contributed by atoms with Gasteiger partial charge in [-0.05, 0) is 57.1 Å². The van der Waals surface area contributed by atoms with Gasteiger partial charge in [0.15, 0.2) is 0 Å². The number of imidazole rings is 1. The number of para-hydroxylation sites is 1. The van der Waals surface area contributed by atoms with Crippen molar-refractivity contribution in [2.45, 2.75) is 51.4 Å². The van der Waals surface area contributed by atoms with Crippen molar-refractivity contribution >= 4 is 27.6 Å².